The van der Waals surface area contributed by atoms with E-state index in [4.69, 9.17) is 11.2 Å². The zero-order valence-electron chi connectivity index (χ0n) is 8.78. The highest BCUT2D eigenvalue weighted by Gasteiger charge is 2.13. The maximum atomic E-state index is 5.38. The molecule has 15 heavy (non-hydrogen) atoms. The third-order valence-electron chi connectivity index (χ3n) is 2.34. The molecule has 76 valence electrons. The van der Waals surface area contributed by atoms with Gasteiger partial charge in [0.2, 0.25) is 10.5 Å². The van der Waals surface area contributed by atoms with Crippen LogP contribution < -0.4 is 9.30 Å². The molecule has 2 nitrogen and oxygen atoms in total. The standard InChI is InChI=1S/C12H12NOS/c1-4-7-14-10-5-6-12-11(8-10)13(3)9(2)15-12/h1,5-6,8H,7H2,2-3H3/q+1. The Morgan fingerprint density at radius 1 is 1.53 bits per heavy atom. The Hall–Kier alpha value is -1.53. The second-order valence-corrected chi connectivity index (χ2v) is 4.54. The molecule has 0 fully saturated rings. The van der Waals surface area contributed by atoms with Gasteiger partial charge in [0, 0.05) is 6.92 Å². The second kappa shape index (κ2) is 3.92. The first-order valence-corrected chi connectivity index (χ1v) is 5.49. The van der Waals surface area contributed by atoms with Gasteiger partial charge in [0.25, 0.3) is 0 Å². The molecule has 0 amide bonds. The molecule has 2 rings (SSSR count). The average Bonchev–Trinajstić information content (AvgIpc) is 2.52. The van der Waals surface area contributed by atoms with Gasteiger partial charge in [0.15, 0.2) is 0 Å². The molecule has 2 aromatic rings. The fourth-order valence-electron chi connectivity index (χ4n) is 1.46. The maximum absolute atomic E-state index is 5.38. The van der Waals surface area contributed by atoms with Crippen LogP contribution in [0.15, 0.2) is 18.2 Å². The van der Waals surface area contributed by atoms with E-state index in [0.717, 1.165) is 5.75 Å². The zero-order chi connectivity index (χ0) is 10.8. The Kier molecular flexibility index (Phi) is 2.61. The Morgan fingerprint density at radius 2 is 2.33 bits per heavy atom. The van der Waals surface area contributed by atoms with Crippen LogP contribution in [0.3, 0.4) is 0 Å². The summed E-state index contributed by atoms with van der Waals surface area (Å²) in [5.74, 6) is 3.29. The van der Waals surface area contributed by atoms with Crippen molar-refractivity contribution in [1.82, 2.24) is 0 Å². The van der Waals surface area contributed by atoms with Crippen LogP contribution in [0.5, 0.6) is 5.75 Å². The number of rotatable bonds is 2. The molecule has 0 N–H and O–H groups in total. The molecule has 0 unspecified atom stereocenters. The third-order valence-corrected chi connectivity index (χ3v) is 3.48. The van der Waals surface area contributed by atoms with E-state index in [1.54, 1.807) is 11.3 Å². The van der Waals surface area contributed by atoms with Gasteiger partial charge in [-0.3, -0.25) is 0 Å². The molecule has 0 radical (unpaired) electrons. The van der Waals surface area contributed by atoms with Gasteiger partial charge in [-0.15, -0.1) is 6.42 Å². The summed E-state index contributed by atoms with van der Waals surface area (Å²) < 4.78 is 8.80. The number of hydrogen-bond donors (Lipinski definition) is 0. The van der Waals surface area contributed by atoms with E-state index in [9.17, 15) is 0 Å². The number of benzene rings is 1. The lowest BCUT2D eigenvalue weighted by atomic mass is 10.3. The van der Waals surface area contributed by atoms with Gasteiger partial charge < -0.3 is 4.74 Å². The topological polar surface area (TPSA) is 13.1 Å². The lowest BCUT2D eigenvalue weighted by molar-refractivity contribution is -0.646. The Morgan fingerprint density at radius 3 is 3.07 bits per heavy atom. The largest absolute Gasteiger partial charge is 0.481 e. The van der Waals surface area contributed by atoms with Crippen molar-refractivity contribution in [3.05, 3.63) is 23.2 Å². The first-order valence-electron chi connectivity index (χ1n) is 4.68. The van der Waals surface area contributed by atoms with Crippen LogP contribution in [0.1, 0.15) is 5.01 Å². The minimum Gasteiger partial charge on any atom is -0.481 e. The summed E-state index contributed by atoms with van der Waals surface area (Å²) >= 11 is 1.78. The van der Waals surface area contributed by atoms with Crippen LogP contribution in [-0.4, -0.2) is 6.61 Å². The van der Waals surface area contributed by atoms with Crippen LogP contribution in [0.2, 0.25) is 0 Å². The molecule has 1 aromatic heterocycles. The highest BCUT2D eigenvalue weighted by atomic mass is 32.1. The number of thiazole rings is 1. The van der Waals surface area contributed by atoms with Gasteiger partial charge in [-0.25, -0.2) is 0 Å². The number of hydrogen-bond acceptors (Lipinski definition) is 2. The molecular weight excluding hydrogens is 206 g/mol. The van der Waals surface area contributed by atoms with Crippen molar-refractivity contribution in [2.45, 2.75) is 6.92 Å². The highest BCUT2D eigenvalue weighted by molar-refractivity contribution is 7.18. The summed E-state index contributed by atoms with van der Waals surface area (Å²) in [6.45, 7) is 2.42. The predicted octanol–water partition coefficient (Wildman–Crippen LogP) is 2.05. The molecular formula is C12H12NOS+. The van der Waals surface area contributed by atoms with E-state index in [1.165, 1.54) is 15.2 Å². The van der Waals surface area contributed by atoms with Crippen LogP contribution in [-0.2, 0) is 7.05 Å². The molecule has 0 atom stereocenters. The fraction of sp³-hybridized carbons (Fsp3) is 0.250. The molecule has 3 heteroatoms. The Balaban J connectivity index is 2.46. The molecule has 0 saturated heterocycles. The summed E-state index contributed by atoms with van der Waals surface area (Å²) in [4.78, 5) is 0. The van der Waals surface area contributed by atoms with Crippen molar-refractivity contribution in [3.63, 3.8) is 0 Å². The van der Waals surface area contributed by atoms with E-state index in [2.05, 4.69) is 30.5 Å². The van der Waals surface area contributed by atoms with Crippen LogP contribution in [0, 0.1) is 19.3 Å². The summed E-state index contributed by atoms with van der Waals surface area (Å²) in [6, 6.07) is 6.05. The summed E-state index contributed by atoms with van der Waals surface area (Å²) in [7, 11) is 2.05. The number of ether oxygens (including phenoxy) is 1. The lowest BCUT2D eigenvalue weighted by Crippen LogP contribution is -2.28. The molecule has 0 saturated carbocycles. The molecule has 1 heterocycles. The van der Waals surface area contributed by atoms with Crippen molar-refractivity contribution in [1.29, 1.82) is 0 Å². The summed E-state index contributed by atoms with van der Waals surface area (Å²) in [5.41, 5.74) is 1.19. The minimum absolute atomic E-state index is 0.318. The monoisotopic (exact) mass is 218 g/mol. The average molecular weight is 218 g/mol. The zero-order valence-corrected chi connectivity index (χ0v) is 9.60. The third kappa shape index (κ3) is 1.81. The SMILES string of the molecule is C#CCOc1ccc2sc(C)[n+](C)c2c1. The van der Waals surface area contributed by atoms with Gasteiger partial charge in [0.1, 0.15) is 24.1 Å². The molecule has 0 bridgehead atoms. The number of aryl methyl sites for hydroxylation is 2. The Bertz CT molecular complexity index is 536. The second-order valence-electron chi connectivity index (χ2n) is 3.30. The van der Waals surface area contributed by atoms with E-state index >= 15 is 0 Å². The van der Waals surface area contributed by atoms with Crippen LogP contribution in [0.25, 0.3) is 10.2 Å². The molecule has 0 aliphatic carbocycles. The van der Waals surface area contributed by atoms with Gasteiger partial charge >= 0.3 is 0 Å². The van der Waals surface area contributed by atoms with Crippen molar-refractivity contribution >= 4 is 21.6 Å². The van der Waals surface area contributed by atoms with E-state index in [-0.39, 0.29) is 0 Å². The molecule has 0 aliphatic rings. The van der Waals surface area contributed by atoms with Crippen molar-refractivity contribution in [2.24, 2.45) is 7.05 Å². The first kappa shape index (κ1) is 10.0. The van der Waals surface area contributed by atoms with Gasteiger partial charge in [-0.05, 0) is 12.1 Å². The molecule has 0 aliphatic heterocycles. The van der Waals surface area contributed by atoms with Gasteiger partial charge in [-0.2, -0.15) is 4.57 Å². The summed E-state index contributed by atoms with van der Waals surface area (Å²) in [5, 5.41) is 1.28. The van der Waals surface area contributed by atoms with Gasteiger partial charge in [0.05, 0.1) is 6.07 Å². The van der Waals surface area contributed by atoms with E-state index in [1.807, 2.05) is 12.1 Å². The molecule has 1 aromatic carbocycles. The maximum Gasteiger partial charge on any atom is 0.234 e. The normalized spacial score (nSPS) is 10.2. The Labute approximate surface area is 93.1 Å². The van der Waals surface area contributed by atoms with E-state index in [0.29, 0.717) is 6.61 Å². The van der Waals surface area contributed by atoms with Gasteiger partial charge in [-0.1, -0.05) is 17.3 Å². The van der Waals surface area contributed by atoms with Crippen molar-refractivity contribution < 1.29 is 9.30 Å². The quantitative estimate of drug-likeness (QED) is 0.555. The molecule has 0 spiro atoms. The number of terminal acetylenes is 1. The van der Waals surface area contributed by atoms with Crippen LogP contribution >= 0.6 is 11.3 Å². The van der Waals surface area contributed by atoms with Crippen LogP contribution in [0.4, 0.5) is 0 Å². The minimum atomic E-state index is 0.318. The lowest BCUT2D eigenvalue weighted by Gasteiger charge is -1.99. The van der Waals surface area contributed by atoms with E-state index < -0.39 is 0 Å². The van der Waals surface area contributed by atoms with Crippen molar-refractivity contribution in [2.75, 3.05) is 6.61 Å². The first-order chi connectivity index (χ1) is 7.22. The van der Waals surface area contributed by atoms with Crippen molar-refractivity contribution in [3.8, 4) is 18.1 Å². The summed E-state index contributed by atoms with van der Waals surface area (Å²) in [6.07, 6.45) is 5.14. The highest BCUT2D eigenvalue weighted by Crippen LogP contribution is 2.23. The fourth-order valence-corrected chi connectivity index (χ4v) is 2.45. The smallest absolute Gasteiger partial charge is 0.234 e. The number of nitrogens with zero attached hydrogens (tertiary/aromatic N) is 1. The number of aromatic nitrogens is 1. The number of fused-ring (bicyclic) bond motifs is 1. The predicted molar refractivity (Wildman–Crippen MR) is 62.1 cm³/mol.